The molecule has 2 atom stereocenters. The molecule has 0 saturated heterocycles. The Bertz CT molecular complexity index is 1510. The summed E-state index contributed by atoms with van der Waals surface area (Å²) in [5.41, 5.74) is 12.2. The van der Waals surface area contributed by atoms with E-state index in [2.05, 4.69) is 117 Å². The fraction of sp³-hybridized carbons (Fsp3) is 0.366. The van der Waals surface area contributed by atoms with E-state index < -0.39 is 0 Å². The second-order valence-corrected chi connectivity index (χ2v) is 12.5. The molecule has 2 unspecified atom stereocenters. The zero-order valence-electron chi connectivity index (χ0n) is 25.0. The molecule has 4 aliphatic carbocycles. The smallest absolute Gasteiger partial charge is 0.0352 e. The first kappa shape index (κ1) is 27.6. The highest BCUT2D eigenvalue weighted by Gasteiger charge is 2.19. The van der Waals surface area contributed by atoms with Gasteiger partial charge in [-0.2, -0.15) is 0 Å². The molecule has 0 nitrogen and oxygen atoms in total. The van der Waals surface area contributed by atoms with Gasteiger partial charge in [-0.1, -0.05) is 135 Å². The van der Waals surface area contributed by atoms with Crippen molar-refractivity contribution in [1.82, 2.24) is 0 Å². The summed E-state index contributed by atoms with van der Waals surface area (Å²) in [6, 6.07) is 14.2. The van der Waals surface area contributed by atoms with E-state index in [9.17, 15) is 0 Å². The molecule has 208 valence electrons. The van der Waals surface area contributed by atoms with Gasteiger partial charge in [0.05, 0.1) is 0 Å². The summed E-state index contributed by atoms with van der Waals surface area (Å²) in [6.45, 7) is 4.45. The molecular formula is C41H44. The van der Waals surface area contributed by atoms with Gasteiger partial charge in [-0.05, 0) is 90.5 Å². The molecule has 0 bridgehead atoms. The first-order valence-electron chi connectivity index (χ1n) is 16.0. The molecule has 1 saturated carbocycles. The van der Waals surface area contributed by atoms with E-state index >= 15 is 0 Å². The van der Waals surface area contributed by atoms with E-state index in [1.807, 2.05) is 0 Å². The van der Waals surface area contributed by atoms with E-state index in [1.54, 1.807) is 5.57 Å². The summed E-state index contributed by atoms with van der Waals surface area (Å²) >= 11 is 0. The Morgan fingerprint density at radius 1 is 0.780 bits per heavy atom. The van der Waals surface area contributed by atoms with Gasteiger partial charge >= 0.3 is 0 Å². The predicted molar refractivity (Wildman–Crippen MR) is 175 cm³/mol. The average Bonchev–Trinajstić information content (AvgIpc) is 3.67. The van der Waals surface area contributed by atoms with Crippen molar-refractivity contribution in [1.29, 1.82) is 0 Å². The Kier molecular flexibility index (Phi) is 8.72. The highest BCUT2D eigenvalue weighted by Crippen LogP contribution is 2.34. The third-order valence-electron chi connectivity index (χ3n) is 9.54. The van der Waals surface area contributed by atoms with Gasteiger partial charge < -0.3 is 0 Å². The molecule has 0 amide bonds. The molecule has 0 aliphatic heterocycles. The molecule has 6 rings (SSSR count). The molecule has 2 aromatic rings. The van der Waals surface area contributed by atoms with E-state index in [-0.39, 0.29) is 0 Å². The SMILES string of the molecule is CCc1cc(CCc2ccc(C)c(C#CC3=CC=C4C=CC=CC34)c2)cc(C2C=CC(CCC3CCCCC3)=C2)c1. The predicted octanol–water partition coefficient (Wildman–Crippen LogP) is 10.2. The van der Waals surface area contributed by atoms with Gasteiger partial charge in [-0.15, -0.1) is 0 Å². The quantitative estimate of drug-likeness (QED) is 0.294. The molecule has 41 heavy (non-hydrogen) atoms. The van der Waals surface area contributed by atoms with Gasteiger partial charge in [0.1, 0.15) is 0 Å². The Balaban J connectivity index is 1.11. The molecule has 0 N–H and O–H groups in total. The fourth-order valence-corrected chi connectivity index (χ4v) is 6.92. The van der Waals surface area contributed by atoms with Crippen LogP contribution in [0.25, 0.3) is 0 Å². The molecule has 0 radical (unpaired) electrons. The minimum absolute atomic E-state index is 0.327. The van der Waals surface area contributed by atoms with Crippen LogP contribution in [0.1, 0.15) is 91.2 Å². The van der Waals surface area contributed by atoms with E-state index in [0.29, 0.717) is 11.8 Å². The molecule has 0 aromatic heterocycles. The lowest BCUT2D eigenvalue weighted by atomic mass is 9.85. The number of aryl methyl sites for hydroxylation is 4. The van der Waals surface area contributed by atoms with Crippen molar-refractivity contribution in [3.05, 3.63) is 141 Å². The van der Waals surface area contributed by atoms with Crippen LogP contribution in [0.3, 0.4) is 0 Å². The lowest BCUT2D eigenvalue weighted by Gasteiger charge is -2.21. The Hall–Kier alpha value is -3.56. The lowest BCUT2D eigenvalue weighted by molar-refractivity contribution is 0.339. The highest BCUT2D eigenvalue weighted by atomic mass is 14.2. The zero-order chi connectivity index (χ0) is 28.0. The molecule has 0 heteroatoms. The van der Waals surface area contributed by atoms with Crippen LogP contribution < -0.4 is 0 Å². The van der Waals surface area contributed by atoms with Crippen LogP contribution in [-0.2, 0) is 19.3 Å². The molecule has 2 aromatic carbocycles. The van der Waals surface area contributed by atoms with Gasteiger partial charge in [0.25, 0.3) is 0 Å². The monoisotopic (exact) mass is 536 g/mol. The third-order valence-corrected chi connectivity index (χ3v) is 9.54. The number of fused-ring (bicyclic) bond motifs is 1. The average molecular weight is 537 g/mol. The van der Waals surface area contributed by atoms with Crippen molar-refractivity contribution in [2.45, 2.75) is 84.0 Å². The van der Waals surface area contributed by atoms with Crippen molar-refractivity contribution < 1.29 is 0 Å². The first-order chi connectivity index (χ1) is 20.1. The van der Waals surface area contributed by atoms with Gasteiger partial charge in [0, 0.05) is 23.0 Å². The standard InChI is InChI=1S/C41H44/c1-3-31-25-35(29-40(26-31)39-20-19-34(28-39)16-15-32-9-5-4-6-10-32)18-17-33-14-13-30(2)38(27-33)24-23-37-22-21-36-11-7-8-12-41(36)37/h7-8,11-14,19-22,25-29,32,39,41H,3-6,9-10,15-18H2,1-2H3. The zero-order valence-corrected chi connectivity index (χ0v) is 25.0. The third kappa shape index (κ3) is 6.85. The van der Waals surface area contributed by atoms with Crippen molar-refractivity contribution in [3.63, 3.8) is 0 Å². The number of rotatable bonds is 8. The molecule has 1 fully saturated rings. The minimum atomic E-state index is 0.327. The van der Waals surface area contributed by atoms with Crippen LogP contribution in [0, 0.1) is 30.6 Å². The summed E-state index contributed by atoms with van der Waals surface area (Å²) in [6.07, 6.45) is 33.4. The number of allylic oxidation sites excluding steroid dienone is 12. The van der Waals surface area contributed by atoms with Gasteiger partial charge in [-0.3, -0.25) is 0 Å². The summed E-state index contributed by atoms with van der Waals surface area (Å²) in [5.74, 6) is 8.70. The highest BCUT2D eigenvalue weighted by molar-refractivity contribution is 5.56. The number of hydrogen-bond donors (Lipinski definition) is 0. The lowest BCUT2D eigenvalue weighted by Crippen LogP contribution is -2.05. The van der Waals surface area contributed by atoms with Crippen LogP contribution in [0.5, 0.6) is 0 Å². The Morgan fingerprint density at radius 3 is 2.51 bits per heavy atom. The molecule has 0 spiro atoms. The van der Waals surface area contributed by atoms with Crippen molar-refractivity contribution in [2.75, 3.05) is 0 Å². The van der Waals surface area contributed by atoms with E-state index in [1.165, 1.54) is 83.9 Å². The normalized spacial score (nSPS) is 21.3. The van der Waals surface area contributed by atoms with Crippen molar-refractivity contribution >= 4 is 0 Å². The van der Waals surface area contributed by atoms with Crippen molar-refractivity contribution in [3.8, 4) is 11.8 Å². The second kappa shape index (κ2) is 13.0. The number of hydrogen-bond acceptors (Lipinski definition) is 0. The van der Waals surface area contributed by atoms with Crippen molar-refractivity contribution in [2.24, 2.45) is 11.8 Å². The van der Waals surface area contributed by atoms with Crippen LogP contribution in [0.4, 0.5) is 0 Å². The Labute approximate surface area is 248 Å². The maximum Gasteiger partial charge on any atom is 0.0352 e. The topological polar surface area (TPSA) is 0 Å². The number of benzene rings is 2. The van der Waals surface area contributed by atoms with Gasteiger partial charge in [0.2, 0.25) is 0 Å². The Morgan fingerprint density at radius 2 is 1.63 bits per heavy atom. The summed E-state index contributed by atoms with van der Waals surface area (Å²) in [4.78, 5) is 0. The van der Waals surface area contributed by atoms with Gasteiger partial charge in [0.15, 0.2) is 0 Å². The maximum absolute atomic E-state index is 3.50. The summed E-state index contributed by atoms with van der Waals surface area (Å²) in [5, 5.41) is 0. The second-order valence-electron chi connectivity index (χ2n) is 12.5. The van der Waals surface area contributed by atoms with Crippen LogP contribution >= 0.6 is 0 Å². The summed E-state index contributed by atoms with van der Waals surface area (Å²) in [7, 11) is 0. The van der Waals surface area contributed by atoms with E-state index in [0.717, 1.165) is 30.7 Å². The minimum Gasteiger partial charge on any atom is -0.0730 e. The van der Waals surface area contributed by atoms with Gasteiger partial charge in [-0.25, -0.2) is 0 Å². The maximum atomic E-state index is 3.50. The van der Waals surface area contributed by atoms with Crippen LogP contribution in [0.2, 0.25) is 0 Å². The first-order valence-corrected chi connectivity index (χ1v) is 16.0. The van der Waals surface area contributed by atoms with E-state index in [4.69, 9.17) is 0 Å². The molecular weight excluding hydrogens is 492 g/mol. The van der Waals surface area contributed by atoms with Crippen LogP contribution in [0.15, 0.2) is 108 Å². The van der Waals surface area contributed by atoms with Crippen LogP contribution in [-0.4, -0.2) is 0 Å². The molecule has 0 heterocycles. The largest absolute Gasteiger partial charge is 0.0730 e. The molecule has 4 aliphatic rings. The fourth-order valence-electron chi connectivity index (χ4n) is 6.92. The summed E-state index contributed by atoms with van der Waals surface area (Å²) < 4.78 is 0.